The molecule has 7 heteroatoms. The van der Waals surface area contributed by atoms with Gasteiger partial charge in [0.2, 0.25) is 0 Å². The van der Waals surface area contributed by atoms with E-state index >= 15 is 0 Å². The second kappa shape index (κ2) is 11.2. The van der Waals surface area contributed by atoms with Gasteiger partial charge in [-0.05, 0) is 48.4 Å². The summed E-state index contributed by atoms with van der Waals surface area (Å²) in [7, 11) is 1.85. The summed E-state index contributed by atoms with van der Waals surface area (Å²) in [5, 5.41) is 3.25. The molecule has 4 aromatic rings. The number of hydrogen-bond acceptors (Lipinski definition) is 4. The summed E-state index contributed by atoms with van der Waals surface area (Å²) in [5.41, 5.74) is 3.73. The molecule has 0 atom stereocenters. The van der Waals surface area contributed by atoms with Crippen molar-refractivity contribution in [2.45, 2.75) is 41.2 Å². The molecule has 164 valence electrons. The van der Waals surface area contributed by atoms with Crippen molar-refractivity contribution < 1.29 is 8.78 Å². The van der Waals surface area contributed by atoms with Gasteiger partial charge in [-0.3, -0.25) is 0 Å². The fraction of sp³-hybridized carbons (Fsp3) is 0.292. The second-order valence-electron chi connectivity index (χ2n) is 6.36. The Bertz CT molecular complexity index is 1120. The summed E-state index contributed by atoms with van der Waals surface area (Å²) in [6.45, 7) is 10.3. The van der Waals surface area contributed by atoms with Crippen LogP contribution in [0, 0.1) is 18.6 Å². The van der Waals surface area contributed by atoms with Gasteiger partial charge in [0.05, 0.1) is 6.33 Å². The van der Waals surface area contributed by atoms with Crippen LogP contribution in [0.4, 0.5) is 14.6 Å². The van der Waals surface area contributed by atoms with E-state index < -0.39 is 0 Å². The number of anilines is 1. The largest absolute Gasteiger partial charge is 0.364 e. The molecule has 31 heavy (non-hydrogen) atoms. The van der Waals surface area contributed by atoms with E-state index in [0.717, 1.165) is 16.7 Å². The maximum absolute atomic E-state index is 13.5. The Labute approximate surface area is 182 Å². The molecule has 0 saturated carbocycles. The minimum atomic E-state index is -0.299. The van der Waals surface area contributed by atoms with Gasteiger partial charge in [-0.25, -0.2) is 23.7 Å². The predicted molar refractivity (Wildman–Crippen MR) is 123 cm³/mol. The number of fused-ring (bicyclic) bond motifs is 1. The molecule has 1 N–H and O–H groups in total. The zero-order chi connectivity index (χ0) is 23.0. The van der Waals surface area contributed by atoms with Gasteiger partial charge in [0.15, 0.2) is 17.3 Å². The molecule has 0 aliphatic carbocycles. The predicted octanol–water partition coefficient (Wildman–Crippen LogP) is 6.28. The number of nitrogens with zero attached hydrogens (tertiary/aromatic N) is 4. The van der Waals surface area contributed by atoms with Crippen molar-refractivity contribution in [1.82, 2.24) is 19.5 Å². The third kappa shape index (κ3) is 5.63. The van der Waals surface area contributed by atoms with Crippen LogP contribution in [-0.4, -0.2) is 19.5 Å². The molecule has 2 heterocycles. The Morgan fingerprint density at radius 1 is 0.903 bits per heavy atom. The molecule has 0 fully saturated rings. The lowest BCUT2D eigenvalue weighted by Crippen LogP contribution is -2.05. The normalized spacial score (nSPS) is 10.1. The standard InChI is InChI=1S/C20H17F2N5.2C2H6/c1-12-9-15(22)7-8-16(12)18-25-19(17-20(26-18)27(2)11-24-17)23-10-13-3-5-14(21)6-4-13;2*1-2/h3-9,11H,10H2,1-2H3,(H,23,25,26);2*1-2H3. The molecule has 2 aromatic carbocycles. The van der Waals surface area contributed by atoms with E-state index in [0.29, 0.717) is 29.4 Å². The average molecular weight is 426 g/mol. The van der Waals surface area contributed by atoms with Crippen LogP contribution in [-0.2, 0) is 13.6 Å². The number of aryl methyl sites for hydroxylation is 2. The molecular weight excluding hydrogens is 396 g/mol. The van der Waals surface area contributed by atoms with Gasteiger partial charge >= 0.3 is 0 Å². The van der Waals surface area contributed by atoms with Crippen molar-refractivity contribution in [2.24, 2.45) is 7.05 Å². The van der Waals surface area contributed by atoms with Crippen LogP contribution in [0.3, 0.4) is 0 Å². The van der Waals surface area contributed by atoms with Crippen LogP contribution >= 0.6 is 0 Å². The van der Waals surface area contributed by atoms with Gasteiger partial charge in [-0.2, -0.15) is 0 Å². The molecule has 0 bridgehead atoms. The highest BCUT2D eigenvalue weighted by atomic mass is 19.1. The molecule has 0 amide bonds. The SMILES string of the molecule is CC.CC.Cc1cc(F)ccc1-c1nc(NCc2ccc(F)cc2)c2ncn(C)c2n1. The van der Waals surface area contributed by atoms with E-state index in [1.807, 2.05) is 46.2 Å². The number of benzene rings is 2. The van der Waals surface area contributed by atoms with E-state index in [1.54, 1.807) is 24.5 Å². The Morgan fingerprint density at radius 2 is 1.55 bits per heavy atom. The van der Waals surface area contributed by atoms with Crippen molar-refractivity contribution in [3.8, 4) is 11.4 Å². The summed E-state index contributed by atoms with van der Waals surface area (Å²) >= 11 is 0. The average Bonchev–Trinajstić information content (AvgIpc) is 3.17. The fourth-order valence-electron chi connectivity index (χ4n) is 2.92. The summed E-state index contributed by atoms with van der Waals surface area (Å²) < 4.78 is 28.3. The molecular formula is C24H29F2N5. The second-order valence-corrected chi connectivity index (χ2v) is 6.36. The highest BCUT2D eigenvalue weighted by Gasteiger charge is 2.15. The number of imidazole rings is 1. The smallest absolute Gasteiger partial charge is 0.165 e. The Kier molecular flexibility index (Phi) is 8.61. The Morgan fingerprint density at radius 3 is 2.19 bits per heavy atom. The van der Waals surface area contributed by atoms with Gasteiger partial charge in [0.1, 0.15) is 17.2 Å². The molecule has 5 nitrogen and oxygen atoms in total. The third-order valence-corrected chi connectivity index (χ3v) is 4.36. The van der Waals surface area contributed by atoms with Gasteiger partial charge < -0.3 is 9.88 Å². The number of hydrogen-bond donors (Lipinski definition) is 1. The van der Waals surface area contributed by atoms with E-state index in [4.69, 9.17) is 0 Å². The maximum Gasteiger partial charge on any atom is 0.165 e. The van der Waals surface area contributed by atoms with Gasteiger partial charge in [0, 0.05) is 19.2 Å². The topological polar surface area (TPSA) is 55.6 Å². The first-order chi connectivity index (χ1) is 15.0. The molecule has 0 aliphatic heterocycles. The van der Waals surface area contributed by atoms with Crippen molar-refractivity contribution in [1.29, 1.82) is 0 Å². The van der Waals surface area contributed by atoms with E-state index in [2.05, 4.69) is 20.3 Å². The molecule has 0 aliphatic rings. The van der Waals surface area contributed by atoms with Crippen LogP contribution in [0.2, 0.25) is 0 Å². The van der Waals surface area contributed by atoms with E-state index in [-0.39, 0.29) is 11.6 Å². The first-order valence-electron chi connectivity index (χ1n) is 10.4. The third-order valence-electron chi connectivity index (χ3n) is 4.36. The van der Waals surface area contributed by atoms with Crippen LogP contribution in [0.25, 0.3) is 22.6 Å². The molecule has 0 spiro atoms. The Hall–Kier alpha value is -3.35. The first kappa shape index (κ1) is 23.9. The summed E-state index contributed by atoms with van der Waals surface area (Å²) in [6, 6.07) is 10.8. The van der Waals surface area contributed by atoms with Crippen molar-refractivity contribution >= 4 is 17.0 Å². The molecule has 0 radical (unpaired) electrons. The van der Waals surface area contributed by atoms with Crippen molar-refractivity contribution in [2.75, 3.05) is 5.32 Å². The monoisotopic (exact) mass is 425 g/mol. The van der Waals surface area contributed by atoms with Crippen molar-refractivity contribution in [3.05, 3.63) is 71.6 Å². The van der Waals surface area contributed by atoms with Crippen LogP contribution in [0.5, 0.6) is 0 Å². The zero-order valence-electron chi connectivity index (χ0n) is 18.9. The van der Waals surface area contributed by atoms with Crippen LogP contribution in [0.15, 0.2) is 48.8 Å². The first-order valence-corrected chi connectivity index (χ1v) is 10.4. The van der Waals surface area contributed by atoms with Gasteiger partial charge in [-0.15, -0.1) is 0 Å². The molecule has 4 rings (SSSR count). The number of nitrogens with one attached hydrogen (secondary N) is 1. The lowest BCUT2D eigenvalue weighted by molar-refractivity contribution is 0.626. The quantitative estimate of drug-likeness (QED) is 0.418. The highest BCUT2D eigenvalue weighted by molar-refractivity contribution is 5.85. The summed E-state index contributed by atoms with van der Waals surface area (Å²) in [6.07, 6.45) is 1.67. The number of aromatic nitrogens is 4. The van der Waals surface area contributed by atoms with Crippen LogP contribution in [0.1, 0.15) is 38.8 Å². The lowest BCUT2D eigenvalue weighted by atomic mass is 10.1. The highest BCUT2D eigenvalue weighted by Crippen LogP contribution is 2.26. The molecule has 0 unspecified atom stereocenters. The van der Waals surface area contributed by atoms with Crippen molar-refractivity contribution in [3.63, 3.8) is 0 Å². The summed E-state index contributed by atoms with van der Waals surface area (Å²) in [4.78, 5) is 13.6. The lowest BCUT2D eigenvalue weighted by Gasteiger charge is -2.10. The van der Waals surface area contributed by atoms with Crippen LogP contribution < -0.4 is 5.32 Å². The Balaban J connectivity index is 0.000000807. The minimum Gasteiger partial charge on any atom is -0.364 e. The number of halogens is 2. The maximum atomic E-state index is 13.5. The van der Waals surface area contributed by atoms with E-state index in [9.17, 15) is 8.78 Å². The molecule has 2 aromatic heterocycles. The van der Waals surface area contributed by atoms with Gasteiger partial charge in [-0.1, -0.05) is 39.8 Å². The number of rotatable bonds is 4. The fourth-order valence-corrected chi connectivity index (χ4v) is 2.92. The minimum absolute atomic E-state index is 0.276. The molecule has 0 saturated heterocycles. The zero-order valence-corrected chi connectivity index (χ0v) is 18.9. The summed E-state index contributed by atoms with van der Waals surface area (Å²) in [5.74, 6) is 0.489. The van der Waals surface area contributed by atoms with E-state index in [1.165, 1.54) is 24.3 Å². The van der Waals surface area contributed by atoms with Gasteiger partial charge in [0.25, 0.3) is 0 Å².